The normalized spacial score (nSPS) is 22.0. The monoisotopic (exact) mass is 261 g/mol. The van der Waals surface area contributed by atoms with E-state index >= 15 is 0 Å². The number of piperidine rings is 1. The fourth-order valence-corrected chi connectivity index (χ4v) is 3.38. The number of aromatic amines is 1. The molecule has 1 aromatic heterocycles. The van der Waals surface area contributed by atoms with Crippen LogP contribution in [0.3, 0.4) is 0 Å². The molecule has 1 aromatic rings. The minimum Gasteiger partial charge on any atom is -0.367 e. The van der Waals surface area contributed by atoms with E-state index in [0.717, 1.165) is 32.6 Å². The van der Waals surface area contributed by atoms with Crippen molar-refractivity contribution in [3.8, 4) is 0 Å². The minimum atomic E-state index is 0.321. The zero-order valence-corrected chi connectivity index (χ0v) is 11.5. The fourth-order valence-electron chi connectivity index (χ4n) is 3.38. The van der Waals surface area contributed by atoms with Crippen molar-refractivity contribution in [1.29, 1.82) is 0 Å². The summed E-state index contributed by atoms with van der Waals surface area (Å²) >= 11 is 0. The van der Waals surface area contributed by atoms with Gasteiger partial charge >= 0.3 is 0 Å². The average molecular weight is 261 g/mol. The molecule has 19 heavy (non-hydrogen) atoms. The summed E-state index contributed by atoms with van der Waals surface area (Å²) in [4.78, 5) is 17.3. The van der Waals surface area contributed by atoms with Gasteiger partial charge in [-0.2, -0.15) is 0 Å². The molecule has 2 aliphatic heterocycles. The van der Waals surface area contributed by atoms with Gasteiger partial charge in [0.15, 0.2) is 0 Å². The summed E-state index contributed by atoms with van der Waals surface area (Å²) in [5.74, 6) is 0.321. The summed E-state index contributed by atoms with van der Waals surface area (Å²) in [7, 11) is 0. The van der Waals surface area contributed by atoms with E-state index in [2.05, 4.69) is 15.2 Å². The molecule has 2 saturated heterocycles. The van der Waals surface area contributed by atoms with Crippen molar-refractivity contribution in [3.63, 3.8) is 0 Å². The Morgan fingerprint density at radius 2 is 2.16 bits per heavy atom. The Bertz CT molecular complexity index is 411. The van der Waals surface area contributed by atoms with Crippen LogP contribution in [0.5, 0.6) is 0 Å². The van der Waals surface area contributed by atoms with E-state index in [1.807, 2.05) is 18.5 Å². The SMILES string of the molecule is O=C(CCc1cc[nH]c1)N1CCC2(CCNC2)CC1. The number of H-pyrrole nitrogens is 1. The van der Waals surface area contributed by atoms with Crippen LogP contribution in [0.1, 0.15) is 31.2 Å². The van der Waals surface area contributed by atoms with Crippen LogP contribution in [-0.4, -0.2) is 42.0 Å². The molecule has 0 aliphatic carbocycles. The Hall–Kier alpha value is -1.29. The summed E-state index contributed by atoms with van der Waals surface area (Å²) in [6, 6.07) is 2.04. The third-order valence-corrected chi connectivity index (χ3v) is 4.80. The lowest BCUT2D eigenvalue weighted by molar-refractivity contribution is -0.133. The van der Waals surface area contributed by atoms with Crippen LogP contribution >= 0.6 is 0 Å². The second-order valence-corrected chi connectivity index (χ2v) is 6.03. The van der Waals surface area contributed by atoms with Gasteiger partial charge in [-0.1, -0.05) is 0 Å². The first-order valence-corrected chi connectivity index (χ1v) is 7.38. The zero-order chi connectivity index (χ0) is 13.1. The summed E-state index contributed by atoms with van der Waals surface area (Å²) in [5.41, 5.74) is 1.72. The molecular formula is C15H23N3O. The summed E-state index contributed by atoms with van der Waals surface area (Å²) in [6.07, 6.45) is 9.03. The van der Waals surface area contributed by atoms with Gasteiger partial charge in [-0.05, 0) is 49.3 Å². The summed E-state index contributed by atoms with van der Waals surface area (Å²) < 4.78 is 0. The smallest absolute Gasteiger partial charge is 0.222 e. The molecule has 2 fully saturated rings. The van der Waals surface area contributed by atoms with Gasteiger partial charge in [-0.15, -0.1) is 0 Å². The van der Waals surface area contributed by atoms with Gasteiger partial charge in [-0.25, -0.2) is 0 Å². The Morgan fingerprint density at radius 1 is 1.32 bits per heavy atom. The number of aromatic nitrogens is 1. The molecule has 0 radical (unpaired) electrons. The van der Waals surface area contributed by atoms with Crippen LogP contribution in [-0.2, 0) is 11.2 Å². The third kappa shape index (κ3) is 2.84. The van der Waals surface area contributed by atoms with Crippen molar-refractivity contribution >= 4 is 5.91 Å². The molecule has 1 spiro atoms. The Morgan fingerprint density at radius 3 is 2.79 bits per heavy atom. The topological polar surface area (TPSA) is 48.1 Å². The van der Waals surface area contributed by atoms with Crippen LogP contribution in [0.2, 0.25) is 0 Å². The van der Waals surface area contributed by atoms with Crippen molar-refractivity contribution in [3.05, 3.63) is 24.0 Å². The number of likely N-dealkylation sites (tertiary alicyclic amines) is 1. The van der Waals surface area contributed by atoms with E-state index in [1.54, 1.807) is 0 Å². The lowest BCUT2D eigenvalue weighted by atomic mass is 9.78. The van der Waals surface area contributed by atoms with E-state index in [0.29, 0.717) is 17.7 Å². The van der Waals surface area contributed by atoms with Crippen molar-refractivity contribution in [2.45, 2.75) is 32.1 Å². The maximum Gasteiger partial charge on any atom is 0.222 e. The predicted molar refractivity (Wildman–Crippen MR) is 74.8 cm³/mol. The molecule has 0 atom stereocenters. The first-order chi connectivity index (χ1) is 9.27. The van der Waals surface area contributed by atoms with Gasteiger partial charge in [0, 0.05) is 38.4 Å². The van der Waals surface area contributed by atoms with Crippen LogP contribution in [0.15, 0.2) is 18.5 Å². The predicted octanol–water partition coefficient (Wildman–Crippen LogP) is 1.55. The van der Waals surface area contributed by atoms with E-state index in [9.17, 15) is 4.79 Å². The molecule has 0 unspecified atom stereocenters. The van der Waals surface area contributed by atoms with Crippen molar-refractivity contribution < 1.29 is 4.79 Å². The fraction of sp³-hybridized carbons (Fsp3) is 0.667. The second kappa shape index (κ2) is 5.37. The minimum absolute atomic E-state index is 0.321. The number of rotatable bonds is 3. The van der Waals surface area contributed by atoms with Crippen molar-refractivity contribution in [2.75, 3.05) is 26.2 Å². The largest absolute Gasteiger partial charge is 0.367 e. The highest BCUT2D eigenvalue weighted by molar-refractivity contribution is 5.76. The number of nitrogens with zero attached hydrogens (tertiary/aromatic N) is 1. The van der Waals surface area contributed by atoms with Crippen molar-refractivity contribution in [1.82, 2.24) is 15.2 Å². The van der Waals surface area contributed by atoms with Gasteiger partial charge in [0.1, 0.15) is 0 Å². The quantitative estimate of drug-likeness (QED) is 0.867. The number of aryl methyl sites for hydroxylation is 1. The van der Waals surface area contributed by atoms with Gasteiger partial charge < -0.3 is 15.2 Å². The van der Waals surface area contributed by atoms with Gasteiger partial charge in [0.2, 0.25) is 5.91 Å². The first-order valence-electron chi connectivity index (χ1n) is 7.38. The lowest BCUT2D eigenvalue weighted by Gasteiger charge is -2.39. The number of hydrogen-bond acceptors (Lipinski definition) is 2. The van der Waals surface area contributed by atoms with E-state index in [4.69, 9.17) is 0 Å². The molecule has 3 rings (SSSR count). The standard InChI is InChI=1S/C15H23N3O/c19-14(2-1-13-3-7-16-11-13)18-9-5-15(6-10-18)4-8-17-12-15/h3,7,11,16-17H,1-2,4-6,8-10,12H2. The van der Waals surface area contributed by atoms with E-state index in [1.165, 1.54) is 24.8 Å². The molecule has 104 valence electrons. The highest BCUT2D eigenvalue weighted by Crippen LogP contribution is 2.36. The lowest BCUT2D eigenvalue weighted by Crippen LogP contribution is -2.44. The zero-order valence-electron chi connectivity index (χ0n) is 11.5. The molecule has 0 bridgehead atoms. The number of hydrogen-bond donors (Lipinski definition) is 2. The molecule has 4 heteroatoms. The number of amides is 1. The highest BCUT2D eigenvalue weighted by Gasteiger charge is 2.37. The Balaban J connectivity index is 1.46. The van der Waals surface area contributed by atoms with Gasteiger partial charge in [0.25, 0.3) is 0 Å². The van der Waals surface area contributed by atoms with Gasteiger partial charge in [0.05, 0.1) is 0 Å². The van der Waals surface area contributed by atoms with Gasteiger partial charge in [-0.3, -0.25) is 4.79 Å². The van der Waals surface area contributed by atoms with E-state index < -0.39 is 0 Å². The number of carbonyl (C=O) groups is 1. The highest BCUT2D eigenvalue weighted by atomic mass is 16.2. The van der Waals surface area contributed by atoms with Crippen LogP contribution in [0.4, 0.5) is 0 Å². The van der Waals surface area contributed by atoms with E-state index in [-0.39, 0.29) is 0 Å². The molecule has 0 saturated carbocycles. The molecule has 4 nitrogen and oxygen atoms in total. The summed E-state index contributed by atoms with van der Waals surface area (Å²) in [5, 5.41) is 3.46. The summed E-state index contributed by atoms with van der Waals surface area (Å²) in [6.45, 7) is 4.21. The molecule has 2 aliphatic rings. The molecule has 2 N–H and O–H groups in total. The first kappa shape index (κ1) is 12.7. The van der Waals surface area contributed by atoms with Crippen LogP contribution in [0.25, 0.3) is 0 Å². The Labute approximate surface area is 114 Å². The molecule has 1 amide bonds. The second-order valence-electron chi connectivity index (χ2n) is 6.03. The average Bonchev–Trinajstić information content (AvgIpc) is 3.09. The number of carbonyl (C=O) groups excluding carboxylic acids is 1. The van der Waals surface area contributed by atoms with Crippen LogP contribution in [0, 0.1) is 5.41 Å². The Kier molecular flexibility index (Phi) is 3.60. The van der Waals surface area contributed by atoms with Crippen molar-refractivity contribution in [2.24, 2.45) is 5.41 Å². The maximum absolute atomic E-state index is 12.2. The molecule has 0 aromatic carbocycles. The maximum atomic E-state index is 12.2. The number of nitrogens with one attached hydrogen (secondary N) is 2. The molecule has 3 heterocycles. The van der Waals surface area contributed by atoms with Crippen LogP contribution < -0.4 is 5.32 Å². The third-order valence-electron chi connectivity index (χ3n) is 4.80. The molecular weight excluding hydrogens is 238 g/mol.